The average Bonchev–Trinajstić information content (AvgIpc) is 2.90. The Morgan fingerprint density at radius 1 is 1.35 bits per heavy atom. The molecule has 0 radical (unpaired) electrons. The molecule has 1 amide bonds. The number of hydrogen-bond donors (Lipinski definition) is 2. The molecule has 3 N–H and O–H groups in total. The van der Waals surface area contributed by atoms with Gasteiger partial charge in [-0.1, -0.05) is 26.0 Å². The summed E-state index contributed by atoms with van der Waals surface area (Å²) < 4.78 is 1.15. The number of aromatic nitrogens is 1. The van der Waals surface area contributed by atoms with Crippen molar-refractivity contribution >= 4 is 27.5 Å². The van der Waals surface area contributed by atoms with E-state index in [1.165, 1.54) is 0 Å². The van der Waals surface area contributed by atoms with Gasteiger partial charge in [0.05, 0.1) is 22.2 Å². The third-order valence-electron chi connectivity index (χ3n) is 3.96. The number of thiazole rings is 1. The second-order valence-electron chi connectivity index (χ2n) is 4.95. The molecule has 0 aliphatic rings. The molecule has 5 heteroatoms. The van der Waals surface area contributed by atoms with Crippen LogP contribution >= 0.6 is 11.3 Å². The van der Waals surface area contributed by atoms with Crippen LogP contribution in [0.15, 0.2) is 24.3 Å². The fourth-order valence-electron chi connectivity index (χ4n) is 2.29. The zero-order valence-electron chi connectivity index (χ0n) is 12.0. The smallest absolute Gasteiger partial charge is 0.227 e. The Morgan fingerprint density at radius 3 is 2.65 bits per heavy atom. The van der Waals surface area contributed by atoms with E-state index in [0.717, 1.165) is 28.1 Å². The Morgan fingerprint density at radius 2 is 2.05 bits per heavy atom. The maximum Gasteiger partial charge on any atom is 0.227 e. The second-order valence-corrected chi connectivity index (χ2v) is 6.06. The SMILES string of the molecule is CCC(CC)(CN)C(=O)NCc1nc2ccccc2s1. The molecule has 2 rings (SSSR count). The third kappa shape index (κ3) is 2.83. The number of amides is 1. The maximum atomic E-state index is 12.3. The number of rotatable bonds is 6. The monoisotopic (exact) mass is 291 g/mol. The van der Waals surface area contributed by atoms with Crippen molar-refractivity contribution < 1.29 is 4.79 Å². The number of nitrogens with two attached hydrogens (primary N) is 1. The summed E-state index contributed by atoms with van der Waals surface area (Å²) in [7, 11) is 0. The second kappa shape index (κ2) is 6.33. The van der Waals surface area contributed by atoms with E-state index in [0.29, 0.717) is 13.1 Å². The van der Waals surface area contributed by atoms with Gasteiger partial charge in [-0.05, 0) is 25.0 Å². The Balaban J connectivity index is 2.06. The van der Waals surface area contributed by atoms with E-state index in [2.05, 4.69) is 10.3 Å². The Hall–Kier alpha value is -1.46. The molecule has 0 unspecified atom stereocenters. The minimum Gasteiger partial charge on any atom is -0.349 e. The van der Waals surface area contributed by atoms with Crippen molar-refractivity contribution in [3.05, 3.63) is 29.3 Å². The zero-order valence-corrected chi connectivity index (χ0v) is 12.8. The molecule has 0 aliphatic heterocycles. The maximum absolute atomic E-state index is 12.3. The molecule has 4 nitrogen and oxygen atoms in total. The van der Waals surface area contributed by atoms with Crippen molar-refractivity contribution in [2.45, 2.75) is 33.2 Å². The van der Waals surface area contributed by atoms with Gasteiger partial charge in [0.1, 0.15) is 5.01 Å². The van der Waals surface area contributed by atoms with Crippen molar-refractivity contribution in [2.24, 2.45) is 11.1 Å². The van der Waals surface area contributed by atoms with Gasteiger partial charge >= 0.3 is 0 Å². The molecular formula is C15H21N3OS. The molecule has 0 atom stereocenters. The lowest BCUT2D eigenvalue weighted by Gasteiger charge is -2.28. The molecule has 108 valence electrons. The molecule has 0 spiro atoms. The molecular weight excluding hydrogens is 270 g/mol. The van der Waals surface area contributed by atoms with Gasteiger partial charge in [-0.3, -0.25) is 4.79 Å². The van der Waals surface area contributed by atoms with E-state index in [4.69, 9.17) is 5.73 Å². The normalized spacial score (nSPS) is 11.8. The number of hydrogen-bond acceptors (Lipinski definition) is 4. The number of fused-ring (bicyclic) bond motifs is 1. The highest BCUT2D eigenvalue weighted by molar-refractivity contribution is 7.18. The van der Waals surface area contributed by atoms with Crippen LogP contribution < -0.4 is 11.1 Å². The summed E-state index contributed by atoms with van der Waals surface area (Å²) in [6, 6.07) is 7.99. The molecule has 2 aromatic rings. The fourth-order valence-corrected chi connectivity index (χ4v) is 3.20. The van der Waals surface area contributed by atoms with Crippen LogP contribution in [0.25, 0.3) is 10.2 Å². The molecule has 0 saturated heterocycles. The summed E-state index contributed by atoms with van der Waals surface area (Å²) in [4.78, 5) is 16.8. The fraction of sp³-hybridized carbons (Fsp3) is 0.467. The van der Waals surface area contributed by atoms with Crippen LogP contribution in [0, 0.1) is 5.41 Å². The van der Waals surface area contributed by atoms with Gasteiger partial charge in [-0.2, -0.15) is 0 Å². The van der Waals surface area contributed by atoms with Crippen LogP contribution in [0.2, 0.25) is 0 Å². The predicted molar refractivity (Wildman–Crippen MR) is 83.5 cm³/mol. The summed E-state index contributed by atoms with van der Waals surface area (Å²) in [5, 5.41) is 3.91. The van der Waals surface area contributed by atoms with Crippen LogP contribution in [0.3, 0.4) is 0 Å². The van der Waals surface area contributed by atoms with Crippen LogP contribution in [-0.4, -0.2) is 17.4 Å². The molecule has 0 fully saturated rings. The molecule has 20 heavy (non-hydrogen) atoms. The summed E-state index contributed by atoms with van der Waals surface area (Å²) in [5.41, 5.74) is 6.32. The predicted octanol–water partition coefficient (Wildman–Crippen LogP) is 2.68. The van der Waals surface area contributed by atoms with Gasteiger partial charge in [0.15, 0.2) is 0 Å². The van der Waals surface area contributed by atoms with E-state index >= 15 is 0 Å². The van der Waals surface area contributed by atoms with Gasteiger partial charge in [0, 0.05) is 6.54 Å². The van der Waals surface area contributed by atoms with Gasteiger partial charge in [0.25, 0.3) is 0 Å². The van der Waals surface area contributed by atoms with Crippen molar-refractivity contribution in [1.82, 2.24) is 10.3 Å². The first-order chi connectivity index (χ1) is 9.65. The first kappa shape index (κ1) is 14.9. The number of carbonyl (C=O) groups is 1. The molecule has 0 saturated carbocycles. The first-order valence-electron chi connectivity index (χ1n) is 6.98. The van der Waals surface area contributed by atoms with Crippen molar-refractivity contribution in [3.8, 4) is 0 Å². The Bertz CT molecular complexity index is 548. The first-order valence-corrected chi connectivity index (χ1v) is 7.79. The lowest BCUT2D eigenvalue weighted by molar-refractivity contribution is -0.131. The highest BCUT2D eigenvalue weighted by Crippen LogP contribution is 2.26. The highest BCUT2D eigenvalue weighted by atomic mass is 32.1. The summed E-state index contributed by atoms with van der Waals surface area (Å²) in [5.74, 6) is 0.0317. The van der Waals surface area contributed by atoms with Crippen LogP contribution in [0.1, 0.15) is 31.7 Å². The van der Waals surface area contributed by atoms with Crippen molar-refractivity contribution in [2.75, 3.05) is 6.54 Å². The topological polar surface area (TPSA) is 68.0 Å². The summed E-state index contributed by atoms with van der Waals surface area (Å²) in [6.45, 7) is 4.87. The van der Waals surface area contributed by atoms with Gasteiger partial charge in [-0.15, -0.1) is 11.3 Å². The molecule has 0 aliphatic carbocycles. The largest absolute Gasteiger partial charge is 0.349 e. The third-order valence-corrected chi connectivity index (χ3v) is 5.00. The van der Waals surface area contributed by atoms with E-state index in [9.17, 15) is 4.79 Å². The van der Waals surface area contributed by atoms with Crippen molar-refractivity contribution in [3.63, 3.8) is 0 Å². The minimum absolute atomic E-state index is 0.0317. The quantitative estimate of drug-likeness (QED) is 0.860. The van der Waals surface area contributed by atoms with Crippen LogP contribution in [0.4, 0.5) is 0 Å². The van der Waals surface area contributed by atoms with E-state index in [-0.39, 0.29) is 5.91 Å². The Labute approximate surface area is 123 Å². The Kier molecular flexibility index (Phi) is 4.73. The van der Waals surface area contributed by atoms with Gasteiger partial charge in [-0.25, -0.2) is 4.98 Å². The average molecular weight is 291 g/mol. The summed E-state index contributed by atoms with van der Waals surface area (Å²) >= 11 is 1.62. The molecule has 1 aromatic heterocycles. The standard InChI is InChI=1S/C15H21N3OS/c1-3-15(4-2,10-16)14(19)17-9-13-18-11-7-5-6-8-12(11)20-13/h5-8H,3-4,9-10,16H2,1-2H3,(H,17,19). The molecule has 1 aromatic carbocycles. The number of carbonyl (C=O) groups excluding carboxylic acids is 1. The van der Waals surface area contributed by atoms with Gasteiger partial charge < -0.3 is 11.1 Å². The number of nitrogens with one attached hydrogen (secondary N) is 1. The number of para-hydroxylation sites is 1. The zero-order chi connectivity index (χ0) is 14.6. The number of nitrogens with zero attached hydrogens (tertiary/aromatic N) is 1. The highest BCUT2D eigenvalue weighted by Gasteiger charge is 2.33. The van der Waals surface area contributed by atoms with E-state index < -0.39 is 5.41 Å². The van der Waals surface area contributed by atoms with Crippen molar-refractivity contribution in [1.29, 1.82) is 0 Å². The summed E-state index contributed by atoms with van der Waals surface area (Å²) in [6.07, 6.45) is 1.51. The lowest BCUT2D eigenvalue weighted by Crippen LogP contribution is -2.45. The van der Waals surface area contributed by atoms with E-state index in [1.807, 2.05) is 38.1 Å². The molecule has 0 bridgehead atoms. The molecule has 1 heterocycles. The minimum atomic E-state index is -0.448. The van der Waals surface area contributed by atoms with Gasteiger partial charge in [0.2, 0.25) is 5.91 Å². The van der Waals surface area contributed by atoms with E-state index in [1.54, 1.807) is 11.3 Å². The number of benzene rings is 1. The lowest BCUT2D eigenvalue weighted by atomic mass is 9.81. The van der Waals surface area contributed by atoms with Crippen LogP contribution in [-0.2, 0) is 11.3 Å². The van der Waals surface area contributed by atoms with Crippen LogP contribution in [0.5, 0.6) is 0 Å².